The lowest BCUT2D eigenvalue weighted by atomic mass is 10.1. The Morgan fingerprint density at radius 1 is 1.24 bits per heavy atom. The Kier molecular flexibility index (Phi) is 3.17. The van der Waals surface area contributed by atoms with Gasteiger partial charge in [-0.2, -0.15) is 0 Å². The minimum Gasteiger partial charge on any atom is -0.408 e. The maximum absolute atomic E-state index is 11.3. The molecule has 0 saturated heterocycles. The van der Waals surface area contributed by atoms with E-state index in [1.165, 1.54) is 5.56 Å². The summed E-state index contributed by atoms with van der Waals surface area (Å²) in [5.41, 5.74) is 10.9. The zero-order chi connectivity index (χ0) is 15.0. The fourth-order valence-corrected chi connectivity index (χ4v) is 2.45. The highest BCUT2D eigenvalue weighted by atomic mass is 16.4. The van der Waals surface area contributed by atoms with Crippen molar-refractivity contribution in [1.82, 2.24) is 4.98 Å². The van der Waals surface area contributed by atoms with Gasteiger partial charge in [0.15, 0.2) is 5.58 Å². The SMILES string of the molecule is CCN(c1ccc(C)cc1)c1cc2[nH]c(=O)oc2cc1N. The summed E-state index contributed by atoms with van der Waals surface area (Å²) in [6.07, 6.45) is 0. The second-order valence-corrected chi connectivity index (χ2v) is 5.00. The average molecular weight is 283 g/mol. The molecule has 0 atom stereocenters. The van der Waals surface area contributed by atoms with Crippen LogP contribution in [0.3, 0.4) is 0 Å². The smallest absolute Gasteiger partial charge is 0.408 e. The summed E-state index contributed by atoms with van der Waals surface area (Å²) in [5.74, 6) is -0.472. The topological polar surface area (TPSA) is 75.3 Å². The van der Waals surface area contributed by atoms with Crippen molar-refractivity contribution in [2.75, 3.05) is 17.2 Å². The summed E-state index contributed by atoms with van der Waals surface area (Å²) in [5, 5.41) is 0. The number of hydrogen-bond acceptors (Lipinski definition) is 4. The number of anilines is 3. The van der Waals surface area contributed by atoms with E-state index < -0.39 is 5.76 Å². The zero-order valence-electron chi connectivity index (χ0n) is 12.0. The van der Waals surface area contributed by atoms with Crippen molar-refractivity contribution in [3.8, 4) is 0 Å². The minimum absolute atomic E-state index is 0.472. The number of hydrogen-bond donors (Lipinski definition) is 2. The van der Waals surface area contributed by atoms with Crippen molar-refractivity contribution < 1.29 is 4.42 Å². The predicted molar refractivity (Wildman–Crippen MR) is 85.1 cm³/mol. The highest BCUT2D eigenvalue weighted by molar-refractivity contribution is 5.87. The van der Waals surface area contributed by atoms with Crippen LogP contribution in [0.5, 0.6) is 0 Å². The third-order valence-electron chi connectivity index (χ3n) is 3.52. The van der Waals surface area contributed by atoms with Gasteiger partial charge in [-0.3, -0.25) is 4.98 Å². The largest absolute Gasteiger partial charge is 0.417 e. The van der Waals surface area contributed by atoms with Crippen LogP contribution in [-0.4, -0.2) is 11.5 Å². The molecule has 0 spiro atoms. The highest BCUT2D eigenvalue weighted by Crippen LogP contribution is 2.33. The maximum atomic E-state index is 11.3. The Hall–Kier alpha value is -2.69. The lowest BCUT2D eigenvalue weighted by Crippen LogP contribution is -2.17. The minimum atomic E-state index is -0.472. The molecule has 0 fully saturated rings. The summed E-state index contributed by atoms with van der Waals surface area (Å²) >= 11 is 0. The van der Waals surface area contributed by atoms with Gasteiger partial charge in [0.1, 0.15) is 0 Å². The van der Waals surface area contributed by atoms with Gasteiger partial charge in [-0.05, 0) is 32.0 Å². The second-order valence-electron chi connectivity index (χ2n) is 5.00. The van der Waals surface area contributed by atoms with Crippen molar-refractivity contribution in [2.45, 2.75) is 13.8 Å². The van der Waals surface area contributed by atoms with Gasteiger partial charge in [-0.1, -0.05) is 17.7 Å². The number of nitrogens with zero attached hydrogens (tertiary/aromatic N) is 1. The molecule has 0 amide bonds. The molecule has 3 aromatic rings. The molecule has 0 saturated carbocycles. The van der Waals surface area contributed by atoms with Gasteiger partial charge in [0.2, 0.25) is 0 Å². The number of nitrogens with two attached hydrogens (primary N) is 1. The van der Waals surface area contributed by atoms with Gasteiger partial charge in [-0.15, -0.1) is 0 Å². The van der Waals surface area contributed by atoms with E-state index in [4.69, 9.17) is 10.2 Å². The molecule has 108 valence electrons. The first-order valence-corrected chi connectivity index (χ1v) is 6.85. The number of aromatic amines is 1. The van der Waals surface area contributed by atoms with Crippen LogP contribution < -0.4 is 16.4 Å². The molecule has 0 aliphatic heterocycles. The second kappa shape index (κ2) is 5.01. The van der Waals surface area contributed by atoms with Gasteiger partial charge in [0.05, 0.1) is 16.9 Å². The number of benzene rings is 2. The quantitative estimate of drug-likeness (QED) is 0.724. The van der Waals surface area contributed by atoms with Gasteiger partial charge in [0.25, 0.3) is 0 Å². The first-order chi connectivity index (χ1) is 10.1. The van der Waals surface area contributed by atoms with Gasteiger partial charge < -0.3 is 15.1 Å². The summed E-state index contributed by atoms with van der Waals surface area (Å²) in [7, 11) is 0. The van der Waals surface area contributed by atoms with E-state index in [0.717, 1.165) is 17.9 Å². The summed E-state index contributed by atoms with van der Waals surface area (Å²) < 4.78 is 5.03. The number of H-pyrrole nitrogens is 1. The molecule has 1 aromatic heterocycles. The van der Waals surface area contributed by atoms with Crippen LogP contribution in [0.1, 0.15) is 12.5 Å². The molecule has 0 unspecified atom stereocenters. The van der Waals surface area contributed by atoms with Crippen LogP contribution in [-0.2, 0) is 0 Å². The number of fused-ring (bicyclic) bond motifs is 1. The number of nitrogen functional groups attached to an aromatic ring is 1. The number of aryl methyl sites for hydroxylation is 1. The Balaban J connectivity index is 2.13. The van der Waals surface area contributed by atoms with Crippen molar-refractivity contribution in [2.24, 2.45) is 0 Å². The van der Waals surface area contributed by atoms with Crippen molar-refractivity contribution in [3.05, 3.63) is 52.5 Å². The zero-order valence-corrected chi connectivity index (χ0v) is 12.0. The Bertz CT molecular complexity index is 831. The molecule has 21 heavy (non-hydrogen) atoms. The highest BCUT2D eigenvalue weighted by Gasteiger charge is 2.13. The van der Waals surface area contributed by atoms with Crippen LogP contribution in [0.15, 0.2) is 45.6 Å². The molecule has 0 radical (unpaired) electrons. The molecule has 2 aromatic carbocycles. The summed E-state index contributed by atoms with van der Waals surface area (Å²) in [6.45, 7) is 4.87. The Labute approximate surface area is 122 Å². The first-order valence-electron chi connectivity index (χ1n) is 6.85. The van der Waals surface area contributed by atoms with Crippen LogP contribution in [0.25, 0.3) is 11.1 Å². The van der Waals surface area contributed by atoms with E-state index in [0.29, 0.717) is 16.8 Å². The van der Waals surface area contributed by atoms with E-state index >= 15 is 0 Å². The fourth-order valence-electron chi connectivity index (χ4n) is 2.45. The molecular weight excluding hydrogens is 266 g/mol. The number of rotatable bonds is 3. The normalized spacial score (nSPS) is 11.0. The van der Waals surface area contributed by atoms with Gasteiger partial charge in [-0.25, -0.2) is 4.79 Å². The number of nitrogens with one attached hydrogen (secondary N) is 1. The molecular formula is C16H17N3O2. The van der Waals surface area contributed by atoms with Crippen molar-refractivity contribution in [3.63, 3.8) is 0 Å². The molecule has 3 N–H and O–H groups in total. The molecule has 0 aliphatic carbocycles. The van der Waals surface area contributed by atoms with Crippen LogP contribution in [0.4, 0.5) is 17.1 Å². The van der Waals surface area contributed by atoms with E-state index in [1.807, 2.05) is 6.07 Å². The lowest BCUT2D eigenvalue weighted by molar-refractivity contribution is 0.555. The summed E-state index contributed by atoms with van der Waals surface area (Å²) in [6, 6.07) is 11.8. The fraction of sp³-hybridized carbons (Fsp3) is 0.188. The van der Waals surface area contributed by atoms with Gasteiger partial charge in [0, 0.05) is 18.3 Å². The predicted octanol–water partition coefficient (Wildman–Crippen LogP) is 3.17. The number of aromatic nitrogens is 1. The average Bonchev–Trinajstić information content (AvgIpc) is 2.81. The van der Waals surface area contributed by atoms with E-state index in [1.54, 1.807) is 6.07 Å². The monoisotopic (exact) mass is 283 g/mol. The van der Waals surface area contributed by atoms with Crippen molar-refractivity contribution in [1.29, 1.82) is 0 Å². The van der Waals surface area contributed by atoms with Crippen LogP contribution in [0, 0.1) is 6.92 Å². The Morgan fingerprint density at radius 3 is 2.62 bits per heavy atom. The molecule has 0 aliphatic rings. The molecule has 0 bridgehead atoms. The molecule has 3 rings (SSSR count). The molecule has 5 nitrogen and oxygen atoms in total. The van der Waals surface area contributed by atoms with E-state index in [9.17, 15) is 4.79 Å². The molecule has 5 heteroatoms. The van der Waals surface area contributed by atoms with Crippen LogP contribution in [0.2, 0.25) is 0 Å². The maximum Gasteiger partial charge on any atom is 0.417 e. The third-order valence-corrected chi connectivity index (χ3v) is 3.52. The van der Waals surface area contributed by atoms with E-state index in [-0.39, 0.29) is 0 Å². The van der Waals surface area contributed by atoms with E-state index in [2.05, 4.69) is 48.0 Å². The Morgan fingerprint density at radius 2 is 1.95 bits per heavy atom. The molecule has 1 heterocycles. The lowest BCUT2D eigenvalue weighted by Gasteiger charge is -2.24. The number of oxazole rings is 1. The third kappa shape index (κ3) is 2.38. The van der Waals surface area contributed by atoms with Gasteiger partial charge >= 0.3 is 5.76 Å². The first kappa shape index (κ1) is 13.3. The van der Waals surface area contributed by atoms with Crippen LogP contribution >= 0.6 is 0 Å². The van der Waals surface area contributed by atoms with Crippen molar-refractivity contribution >= 4 is 28.2 Å². The standard InChI is InChI=1S/C16H17N3O2/c1-3-19(11-6-4-10(2)5-7-11)14-9-13-15(8-12(14)17)21-16(20)18-13/h4-9H,3,17H2,1-2H3,(H,18,20). The summed E-state index contributed by atoms with van der Waals surface area (Å²) in [4.78, 5) is 16.0.